The summed E-state index contributed by atoms with van der Waals surface area (Å²) in [4.78, 5) is 19.6. The molecule has 1 aromatic carbocycles. The number of benzene rings is 1. The molecule has 2 aliphatic rings. The van der Waals surface area contributed by atoms with Crippen molar-refractivity contribution in [1.82, 2.24) is 4.90 Å². The molecule has 1 aliphatic carbocycles. The Labute approximate surface area is 157 Å². The molecule has 0 bridgehead atoms. The minimum absolute atomic E-state index is 0.0711. The Morgan fingerprint density at radius 2 is 2.17 bits per heavy atom. The van der Waals surface area contributed by atoms with Crippen molar-refractivity contribution in [3.05, 3.63) is 40.4 Å². The number of aliphatic imine (C=N–C) groups is 1. The van der Waals surface area contributed by atoms with E-state index in [9.17, 15) is 4.79 Å². The fourth-order valence-corrected chi connectivity index (χ4v) is 4.58. The lowest BCUT2D eigenvalue weighted by molar-refractivity contribution is -0.132. The van der Waals surface area contributed by atoms with Gasteiger partial charge in [-0.2, -0.15) is 0 Å². The van der Waals surface area contributed by atoms with Crippen LogP contribution in [0.2, 0.25) is 10.0 Å². The number of carbonyl (C=O) groups excluding carboxylic acids is 1. The number of rotatable bonds is 3. The quantitative estimate of drug-likeness (QED) is 0.628. The van der Waals surface area contributed by atoms with E-state index in [-0.39, 0.29) is 17.9 Å². The van der Waals surface area contributed by atoms with Gasteiger partial charge in [-0.25, -0.2) is 4.99 Å². The zero-order valence-electron chi connectivity index (χ0n) is 13.5. The molecule has 1 amide bonds. The van der Waals surface area contributed by atoms with E-state index < -0.39 is 0 Å². The highest BCUT2D eigenvalue weighted by Crippen LogP contribution is 2.34. The van der Waals surface area contributed by atoms with E-state index >= 15 is 0 Å². The van der Waals surface area contributed by atoms with Crippen molar-refractivity contribution >= 4 is 51.7 Å². The standard InChI is InChI=1S/C18H20Cl2N2OS/c1-2-14-11-24-18(21-13-8-9-15(19)16(20)10-13)22(14)17(23)12-6-4-3-5-7-12/h3-4,8-10,12,14H,2,5-7,11H2,1H3. The second kappa shape index (κ2) is 7.94. The lowest BCUT2D eigenvalue weighted by Gasteiger charge is -2.28. The zero-order valence-corrected chi connectivity index (χ0v) is 15.9. The number of hydrogen-bond acceptors (Lipinski definition) is 3. The minimum Gasteiger partial charge on any atom is -0.287 e. The number of thioether (sulfide) groups is 1. The number of carbonyl (C=O) groups is 1. The van der Waals surface area contributed by atoms with Crippen LogP contribution in [0, 0.1) is 5.92 Å². The highest BCUT2D eigenvalue weighted by Gasteiger charge is 2.37. The molecule has 0 aromatic heterocycles. The summed E-state index contributed by atoms with van der Waals surface area (Å²) in [5.41, 5.74) is 0.727. The molecule has 24 heavy (non-hydrogen) atoms. The average molecular weight is 383 g/mol. The van der Waals surface area contributed by atoms with Gasteiger partial charge in [-0.05, 0) is 43.9 Å². The van der Waals surface area contributed by atoms with Crippen molar-refractivity contribution in [3.63, 3.8) is 0 Å². The van der Waals surface area contributed by atoms with Crippen LogP contribution in [-0.2, 0) is 4.79 Å². The summed E-state index contributed by atoms with van der Waals surface area (Å²) in [6, 6.07) is 5.52. The van der Waals surface area contributed by atoms with Gasteiger partial charge in [0.15, 0.2) is 5.17 Å². The lowest BCUT2D eigenvalue weighted by atomic mass is 9.92. The fourth-order valence-electron chi connectivity index (χ4n) is 3.01. The van der Waals surface area contributed by atoms with E-state index in [1.807, 2.05) is 11.0 Å². The van der Waals surface area contributed by atoms with E-state index in [1.54, 1.807) is 23.9 Å². The summed E-state index contributed by atoms with van der Waals surface area (Å²) in [5, 5.41) is 1.76. The molecule has 1 saturated heterocycles. The molecule has 0 saturated carbocycles. The second-order valence-electron chi connectivity index (χ2n) is 6.06. The molecule has 128 valence electrons. The molecule has 3 rings (SSSR count). The first-order valence-electron chi connectivity index (χ1n) is 8.24. The first kappa shape index (κ1) is 17.8. The Morgan fingerprint density at radius 3 is 2.83 bits per heavy atom. The maximum atomic E-state index is 13.0. The van der Waals surface area contributed by atoms with Crippen LogP contribution in [0.4, 0.5) is 5.69 Å². The molecule has 0 N–H and O–H groups in total. The molecule has 1 heterocycles. The van der Waals surface area contributed by atoms with Crippen LogP contribution >= 0.6 is 35.0 Å². The Morgan fingerprint density at radius 1 is 1.33 bits per heavy atom. The van der Waals surface area contributed by atoms with Gasteiger partial charge in [-0.1, -0.05) is 54.0 Å². The van der Waals surface area contributed by atoms with Gasteiger partial charge in [0.1, 0.15) is 0 Å². The number of halogens is 2. The fraction of sp³-hybridized carbons (Fsp3) is 0.444. The first-order chi connectivity index (χ1) is 11.6. The van der Waals surface area contributed by atoms with Crippen LogP contribution in [0.15, 0.2) is 35.3 Å². The topological polar surface area (TPSA) is 32.7 Å². The normalized spacial score (nSPS) is 25.5. The van der Waals surface area contributed by atoms with E-state index in [0.29, 0.717) is 10.0 Å². The average Bonchev–Trinajstić information content (AvgIpc) is 3.01. The number of nitrogens with zero attached hydrogens (tertiary/aromatic N) is 2. The van der Waals surface area contributed by atoms with Crippen LogP contribution < -0.4 is 0 Å². The molecule has 1 aromatic rings. The van der Waals surface area contributed by atoms with Crippen molar-refractivity contribution < 1.29 is 4.79 Å². The van der Waals surface area contributed by atoms with Crippen molar-refractivity contribution in [1.29, 1.82) is 0 Å². The van der Waals surface area contributed by atoms with Crippen LogP contribution in [0.5, 0.6) is 0 Å². The third-order valence-corrected chi connectivity index (χ3v) is 6.27. The SMILES string of the molecule is CCC1CSC(=Nc2ccc(Cl)c(Cl)c2)N1C(=O)C1CC=CCC1. The molecule has 6 heteroatoms. The van der Waals surface area contributed by atoms with E-state index in [1.165, 1.54) is 0 Å². The predicted octanol–water partition coefficient (Wildman–Crippen LogP) is 5.69. The van der Waals surface area contributed by atoms with Gasteiger partial charge < -0.3 is 0 Å². The molecule has 1 fully saturated rings. The predicted molar refractivity (Wildman–Crippen MR) is 103 cm³/mol. The van der Waals surface area contributed by atoms with E-state index in [2.05, 4.69) is 24.1 Å². The van der Waals surface area contributed by atoms with Crippen LogP contribution in [0.25, 0.3) is 0 Å². The van der Waals surface area contributed by atoms with Gasteiger partial charge in [0.05, 0.1) is 15.7 Å². The third kappa shape index (κ3) is 3.81. The summed E-state index contributed by atoms with van der Waals surface area (Å²) in [6.07, 6.45) is 7.94. The van der Waals surface area contributed by atoms with Gasteiger partial charge in [-0.15, -0.1) is 0 Å². The Balaban J connectivity index is 1.87. The molecule has 3 nitrogen and oxygen atoms in total. The molecule has 2 atom stereocenters. The maximum Gasteiger partial charge on any atom is 0.232 e. The van der Waals surface area contributed by atoms with Crippen molar-refractivity contribution in [2.24, 2.45) is 10.9 Å². The summed E-state index contributed by atoms with van der Waals surface area (Å²) in [5.74, 6) is 1.17. The summed E-state index contributed by atoms with van der Waals surface area (Å²) < 4.78 is 0. The summed E-state index contributed by atoms with van der Waals surface area (Å²) in [7, 11) is 0. The number of hydrogen-bond donors (Lipinski definition) is 0. The molecular formula is C18H20Cl2N2OS. The van der Waals surface area contributed by atoms with E-state index in [4.69, 9.17) is 23.2 Å². The monoisotopic (exact) mass is 382 g/mol. The largest absolute Gasteiger partial charge is 0.287 e. The molecule has 1 aliphatic heterocycles. The highest BCUT2D eigenvalue weighted by molar-refractivity contribution is 8.14. The van der Waals surface area contributed by atoms with Gasteiger partial charge in [-0.3, -0.25) is 9.69 Å². The minimum atomic E-state index is 0.0711. The Kier molecular flexibility index (Phi) is 5.90. The molecule has 0 radical (unpaired) electrons. The van der Waals surface area contributed by atoms with Crippen LogP contribution in [-0.4, -0.2) is 27.8 Å². The second-order valence-corrected chi connectivity index (χ2v) is 7.86. The van der Waals surface area contributed by atoms with Crippen molar-refractivity contribution in [2.45, 2.75) is 38.6 Å². The number of amides is 1. The number of allylic oxidation sites excluding steroid dienone is 2. The lowest BCUT2D eigenvalue weighted by Crippen LogP contribution is -2.42. The van der Waals surface area contributed by atoms with Crippen molar-refractivity contribution in [2.75, 3.05) is 5.75 Å². The van der Waals surface area contributed by atoms with E-state index in [0.717, 1.165) is 42.3 Å². The molecular weight excluding hydrogens is 363 g/mol. The molecule has 0 spiro atoms. The zero-order chi connectivity index (χ0) is 17.1. The first-order valence-corrected chi connectivity index (χ1v) is 9.99. The summed E-state index contributed by atoms with van der Waals surface area (Å²) in [6.45, 7) is 2.12. The Hall–Kier alpha value is -0.970. The van der Waals surface area contributed by atoms with Gasteiger partial charge in [0.25, 0.3) is 0 Å². The van der Waals surface area contributed by atoms with Crippen LogP contribution in [0.3, 0.4) is 0 Å². The van der Waals surface area contributed by atoms with Crippen LogP contribution in [0.1, 0.15) is 32.6 Å². The highest BCUT2D eigenvalue weighted by atomic mass is 35.5. The van der Waals surface area contributed by atoms with Crippen molar-refractivity contribution in [3.8, 4) is 0 Å². The number of amidine groups is 1. The Bertz CT molecular complexity index is 690. The maximum absolute atomic E-state index is 13.0. The molecule has 2 unspecified atom stereocenters. The van der Waals surface area contributed by atoms with Gasteiger partial charge >= 0.3 is 0 Å². The third-order valence-electron chi connectivity index (χ3n) is 4.43. The van der Waals surface area contributed by atoms with Gasteiger partial charge in [0, 0.05) is 17.7 Å². The van der Waals surface area contributed by atoms with Gasteiger partial charge in [0.2, 0.25) is 5.91 Å². The summed E-state index contributed by atoms with van der Waals surface area (Å²) >= 11 is 13.7. The smallest absolute Gasteiger partial charge is 0.232 e.